The third kappa shape index (κ3) is 4.30. The molecule has 0 saturated carbocycles. The molecule has 0 amide bonds. The van der Waals surface area contributed by atoms with Crippen molar-refractivity contribution in [3.8, 4) is 0 Å². The van der Waals surface area contributed by atoms with Crippen LogP contribution in [0.15, 0.2) is 24.5 Å². The van der Waals surface area contributed by atoms with Crippen LogP contribution in [0.5, 0.6) is 0 Å². The Morgan fingerprint density at radius 2 is 2.17 bits per heavy atom. The van der Waals surface area contributed by atoms with E-state index < -0.39 is 0 Å². The SMILES string of the molecule is CN(C)c1ccc(C[C@@H]2COCCN(Cc3nccn3C)C2)nn1. The molecule has 1 atom stereocenters. The van der Waals surface area contributed by atoms with Gasteiger partial charge in [-0.1, -0.05) is 0 Å². The lowest BCUT2D eigenvalue weighted by molar-refractivity contribution is 0.121. The Bertz CT molecular complexity index is 639. The van der Waals surface area contributed by atoms with Crippen LogP contribution in [0.4, 0.5) is 5.82 Å². The number of rotatable bonds is 5. The topological polar surface area (TPSA) is 59.3 Å². The molecule has 3 heterocycles. The smallest absolute Gasteiger partial charge is 0.150 e. The summed E-state index contributed by atoms with van der Waals surface area (Å²) in [6.45, 7) is 4.33. The highest BCUT2D eigenvalue weighted by Gasteiger charge is 2.21. The van der Waals surface area contributed by atoms with E-state index in [1.807, 2.05) is 44.5 Å². The second-order valence-electron chi connectivity index (χ2n) is 6.61. The number of ether oxygens (including phenoxy) is 1. The predicted molar refractivity (Wildman–Crippen MR) is 92.9 cm³/mol. The molecular formula is C17H26N6O. The fourth-order valence-corrected chi connectivity index (χ4v) is 2.96. The molecule has 7 heteroatoms. The number of nitrogens with zero attached hydrogens (tertiary/aromatic N) is 6. The van der Waals surface area contributed by atoms with Crippen LogP contribution in [0.2, 0.25) is 0 Å². The average molecular weight is 330 g/mol. The average Bonchev–Trinajstić information content (AvgIpc) is 2.83. The van der Waals surface area contributed by atoms with Gasteiger partial charge in [-0.3, -0.25) is 4.90 Å². The van der Waals surface area contributed by atoms with Crippen molar-refractivity contribution in [1.29, 1.82) is 0 Å². The van der Waals surface area contributed by atoms with E-state index >= 15 is 0 Å². The summed E-state index contributed by atoms with van der Waals surface area (Å²) < 4.78 is 7.87. The molecule has 130 valence electrons. The van der Waals surface area contributed by atoms with Gasteiger partial charge in [0.25, 0.3) is 0 Å². The van der Waals surface area contributed by atoms with Gasteiger partial charge in [0.05, 0.1) is 25.5 Å². The van der Waals surface area contributed by atoms with Crippen molar-refractivity contribution in [3.05, 3.63) is 36.0 Å². The van der Waals surface area contributed by atoms with Crippen LogP contribution < -0.4 is 4.90 Å². The Hall–Kier alpha value is -1.99. The fourth-order valence-electron chi connectivity index (χ4n) is 2.96. The van der Waals surface area contributed by atoms with Crippen molar-refractivity contribution >= 4 is 5.82 Å². The number of imidazole rings is 1. The van der Waals surface area contributed by atoms with Crippen LogP contribution in [0.1, 0.15) is 11.5 Å². The first kappa shape index (κ1) is 16.9. The molecule has 1 aliphatic rings. The van der Waals surface area contributed by atoms with Crippen molar-refractivity contribution < 1.29 is 4.74 Å². The summed E-state index contributed by atoms with van der Waals surface area (Å²) in [5.41, 5.74) is 1.02. The van der Waals surface area contributed by atoms with Gasteiger partial charge in [-0.05, 0) is 18.6 Å². The maximum Gasteiger partial charge on any atom is 0.150 e. The van der Waals surface area contributed by atoms with Crippen LogP contribution in [-0.4, -0.2) is 65.0 Å². The Morgan fingerprint density at radius 1 is 1.29 bits per heavy atom. The molecule has 1 saturated heterocycles. The molecule has 0 bridgehead atoms. The highest BCUT2D eigenvalue weighted by atomic mass is 16.5. The maximum absolute atomic E-state index is 5.80. The summed E-state index contributed by atoms with van der Waals surface area (Å²) in [6.07, 6.45) is 4.73. The van der Waals surface area contributed by atoms with Crippen LogP contribution >= 0.6 is 0 Å². The molecule has 1 aliphatic heterocycles. The second-order valence-corrected chi connectivity index (χ2v) is 6.61. The minimum absolute atomic E-state index is 0.423. The van der Waals surface area contributed by atoms with Crippen molar-refractivity contribution in [2.45, 2.75) is 13.0 Å². The summed E-state index contributed by atoms with van der Waals surface area (Å²) in [5, 5.41) is 8.62. The van der Waals surface area contributed by atoms with Crippen LogP contribution in [-0.2, 0) is 24.8 Å². The van der Waals surface area contributed by atoms with Gasteiger partial charge >= 0.3 is 0 Å². The Morgan fingerprint density at radius 3 is 2.83 bits per heavy atom. The summed E-state index contributed by atoms with van der Waals surface area (Å²) in [7, 11) is 5.98. The van der Waals surface area contributed by atoms with Crippen LogP contribution in [0, 0.1) is 5.92 Å². The Balaban J connectivity index is 1.61. The minimum atomic E-state index is 0.423. The lowest BCUT2D eigenvalue weighted by Crippen LogP contribution is -2.31. The normalized spacial score (nSPS) is 19.2. The molecule has 1 fully saturated rings. The fraction of sp³-hybridized carbons (Fsp3) is 0.588. The van der Waals surface area contributed by atoms with Crippen LogP contribution in [0.25, 0.3) is 0 Å². The highest BCUT2D eigenvalue weighted by Crippen LogP contribution is 2.15. The van der Waals surface area contributed by atoms with Gasteiger partial charge in [0.2, 0.25) is 0 Å². The quantitative estimate of drug-likeness (QED) is 0.814. The van der Waals surface area contributed by atoms with E-state index in [0.29, 0.717) is 5.92 Å². The van der Waals surface area contributed by atoms with E-state index in [9.17, 15) is 0 Å². The van der Waals surface area contributed by atoms with Gasteiger partial charge in [0, 0.05) is 52.5 Å². The van der Waals surface area contributed by atoms with Gasteiger partial charge in [-0.15, -0.1) is 5.10 Å². The summed E-state index contributed by atoms with van der Waals surface area (Å²) in [4.78, 5) is 8.81. The summed E-state index contributed by atoms with van der Waals surface area (Å²) in [5.74, 6) is 2.39. The predicted octanol–water partition coefficient (Wildman–Crippen LogP) is 0.967. The third-order valence-electron chi connectivity index (χ3n) is 4.37. The lowest BCUT2D eigenvalue weighted by atomic mass is 10.0. The van der Waals surface area contributed by atoms with Crippen molar-refractivity contribution in [2.24, 2.45) is 13.0 Å². The molecule has 0 N–H and O–H groups in total. The molecule has 3 rings (SSSR count). The largest absolute Gasteiger partial charge is 0.380 e. The number of hydrogen-bond acceptors (Lipinski definition) is 6. The van der Waals surface area contributed by atoms with Gasteiger partial charge in [-0.25, -0.2) is 4.98 Å². The first-order valence-corrected chi connectivity index (χ1v) is 8.38. The molecule has 2 aromatic rings. The van der Waals surface area contributed by atoms with E-state index in [4.69, 9.17) is 4.74 Å². The molecule has 0 spiro atoms. The van der Waals surface area contributed by atoms with Crippen LogP contribution in [0.3, 0.4) is 0 Å². The number of anilines is 1. The summed E-state index contributed by atoms with van der Waals surface area (Å²) in [6, 6.07) is 4.09. The minimum Gasteiger partial charge on any atom is -0.380 e. The maximum atomic E-state index is 5.80. The van der Waals surface area contributed by atoms with Crippen molar-refractivity contribution in [3.63, 3.8) is 0 Å². The summed E-state index contributed by atoms with van der Waals surface area (Å²) >= 11 is 0. The van der Waals surface area contributed by atoms with Gasteiger partial charge < -0.3 is 14.2 Å². The zero-order chi connectivity index (χ0) is 16.9. The number of aromatic nitrogens is 4. The molecular weight excluding hydrogens is 304 g/mol. The van der Waals surface area contributed by atoms with Gasteiger partial charge in [-0.2, -0.15) is 5.10 Å². The Labute approximate surface area is 143 Å². The third-order valence-corrected chi connectivity index (χ3v) is 4.37. The van der Waals surface area contributed by atoms with E-state index in [2.05, 4.69) is 30.7 Å². The molecule has 2 aromatic heterocycles. The second kappa shape index (κ2) is 7.72. The number of hydrogen-bond donors (Lipinski definition) is 0. The van der Waals surface area contributed by atoms with E-state index in [0.717, 1.165) is 56.6 Å². The van der Waals surface area contributed by atoms with Gasteiger partial charge in [0.1, 0.15) is 5.82 Å². The molecule has 0 radical (unpaired) electrons. The van der Waals surface area contributed by atoms with E-state index in [1.54, 1.807) is 0 Å². The lowest BCUT2D eigenvalue weighted by Gasteiger charge is -2.22. The first-order chi connectivity index (χ1) is 11.6. The van der Waals surface area contributed by atoms with E-state index in [1.165, 1.54) is 0 Å². The monoisotopic (exact) mass is 330 g/mol. The Kier molecular flexibility index (Phi) is 5.42. The van der Waals surface area contributed by atoms with E-state index in [-0.39, 0.29) is 0 Å². The molecule has 0 aromatic carbocycles. The molecule has 0 unspecified atom stereocenters. The zero-order valence-electron chi connectivity index (χ0n) is 14.7. The van der Waals surface area contributed by atoms with Gasteiger partial charge in [0.15, 0.2) is 5.82 Å². The molecule has 24 heavy (non-hydrogen) atoms. The highest BCUT2D eigenvalue weighted by molar-refractivity contribution is 5.34. The first-order valence-electron chi connectivity index (χ1n) is 8.38. The standard InChI is InChI=1S/C17H26N6O/c1-21(2)16-5-4-15(19-20-16)10-14-11-23(8-9-24-13-14)12-17-18-6-7-22(17)3/h4-7,14H,8-13H2,1-3H3/t14-/m0/s1. The number of aryl methyl sites for hydroxylation is 1. The zero-order valence-corrected chi connectivity index (χ0v) is 14.7. The van der Waals surface area contributed by atoms with Crippen molar-refractivity contribution in [1.82, 2.24) is 24.6 Å². The van der Waals surface area contributed by atoms with Crippen molar-refractivity contribution in [2.75, 3.05) is 45.3 Å². The molecule has 0 aliphatic carbocycles. The molecule has 7 nitrogen and oxygen atoms in total.